The van der Waals surface area contributed by atoms with E-state index in [-0.39, 0.29) is 6.04 Å². The molecule has 0 fully saturated rings. The van der Waals surface area contributed by atoms with Gasteiger partial charge in [0.1, 0.15) is 0 Å². The highest BCUT2D eigenvalue weighted by Gasteiger charge is 2.17. The van der Waals surface area contributed by atoms with Gasteiger partial charge >= 0.3 is 0 Å². The number of nitrogens with one attached hydrogen (secondary N) is 1. The second-order valence-electron chi connectivity index (χ2n) is 4.49. The molecule has 1 unspecified atom stereocenters. The van der Waals surface area contributed by atoms with E-state index in [2.05, 4.69) is 59.6 Å². The maximum Gasteiger partial charge on any atom is 0.0771 e. The van der Waals surface area contributed by atoms with Crippen LogP contribution >= 0.6 is 0 Å². The molecule has 0 saturated carbocycles. The van der Waals surface area contributed by atoms with Gasteiger partial charge in [0.2, 0.25) is 0 Å². The highest BCUT2D eigenvalue weighted by atomic mass is 15.1. The molecule has 0 spiro atoms. The third kappa shape index (κ3) is 2.68. The average molecular weight is 241 g/mol. The topological polar surface area (TPSA) is 28.2 Å². The van der Waals surface area contributed by atoms with Crippen LogP contribution < -0.4 is 5.32 Å². The van der Waals surface area contributed by atoms with E-state index in [0.29, 0.717) is 0 Å². The first-order valence-corrected chi connectivity index (χ1v) is 6.07. The van der Waals surface area contributed by atoms with E-state index in [4.69, 9.17) is 0 Å². The summed E-state index contributed by atoms with van der Waals surface area (Å²) in [7, 11) is 6.08. The molecule has 1 atom stereocenters. The van der Waals surface area contributed by atoms with E-state index in [1.807, 2.05) is 25.4 Å². The third-order valence-corrected chi connectivity index (χ3v) is 3.00. The fourth-order valence-corrected chi connectivity index (χ4v) is 2.10. The third-order valence-electron chi connectivity index (χ3n) is 3.00. The molecule has 0 bridgehead atoms. The van der Waals surface area contributed by atoms with Gasteiger partial charge in [-0.15, -0.1) is 0 Å². The van der Waals surface area contributed by atoms with Gasteiger partial charge in [0.15, 0.2) is 0 Å². The Hall–Kier alpha value is -1.87. The molecule has 18 heavy (non-hydrogen) atoms. The van der Waals surface area contributed by atoms with Gasteiger partial charge in [-0.2, -0.15) is 0 Å². The van der Waals surface area contributed by atoms with Crippen molar-refractivity contribution in [2.75, 3.05) is 26.5 Å². The van der Waals surface area contributed by atoms with Crippen molar-refractivity contribution in [1.29, 1.82) is 0 Å². The number of hydrogen-bond acceptors (Lipinski definition) is 3. The molecule has 0 saturated heterocycles. The van der Waals surface area contributed by atoms with Crippen molar-refractivity contribution in [1.82, 2.24) is 9.88 Å². The molecule has 1 aromatic heterocycles. The molecular weight excluding hydrogens is 222 g/mol. The smallest absolute Gasteiger partial charge is 0.0771 e. The summed E-state index contributed by atoms with van der Waals surface area (Å²) in [6, 6.07) is 14.7. The summed E-state index contributed by atoms with van der Waals surface area (Å²) in [6.07, 6.45) is 1.84. The van der Waals surface area contributed by atoms with Crippen molar-refractivity contribution in [3.8, 4) is 0 Å². The van der Waals surface area contributed by atoms with Crippen LogP contribution in [0, 0.1) is 0 Å². The molecule has 0 aliphatic rings. The van der Waals surface area contributed by atoms with Crippen LogP contribution in [0.5, 0.6) is 0 Å². The monoisotopic (exact) mass is 241 g/mol. The van der Waals surface area contributed by atoms with Crippen molar-refractivity contribution in [3.05, 3.63) is 59.9 Å². The molecule has 3 nitrogen and oxygen atoms in total. The van der Waals surface area contributed by atoms with E-state index < -0.39 is 0 Å². The van der Waals surface area contributed by atoms with Crippen LogP contribution in [-0.2, 0) is 0 Å². The molecule has 0 aliphatic carbocycles. The molecule has 94 valence electrons. The van der Waals surface area contributed by atoms with Crippen molar-refractivity contribution >= 4 is 5.69 Å². The molecule has 1 N–H and O–H groups in total. The van der Waals surface area contributed by atoms with Gasteiger partial charge in [-0.3, -0.25) is 9.88 Å². The zero-order valence-corrected chi connectivity index (χ0v) is 11.1. The highest BCUT2D eigenvalue weighted by Crippen LogP contribution is 2.25. The Bertz CT molecular complexity index is 477. The minimum Gasteiger partial charge on any atom is -0.388 e. The summed E-state index contributed by atoms with van der Waals surface area (Å²) in [6.45, 7) is 0. The molecule has 2 rings (SSSR count). The number of benzene rings is 1. The second-order valence-corrected chi connectivity index (χ2v) is 4.49. The Balaban J connectivity index is 2.36. The van der Waals surface area contributed by atoms with Gasteiger partial charge < -0.3 is 5.32 Å². The standard InChI is InChI=1S/C15H19N3/c1-16-13-9-7-12(8-10-13)15(18(2)3)14-6-4-5-11-17-14/h4-11,15-16H,1-3H3. The summed E-state index contributed by atoms with van der Waals surface area (Å²) in [5, 5.41) is 3.13. The largest absolute Gasteiger partial charge is 0.388 e. The van der Waals surface area contributed by atoms with Gasteiger partial charge in [0, 0.05) is 18.9 Å². The molecule has 1 aromatic carbocycles. The molecule has 1 heterocycles. The van der Waals surface area contributed by atoms with E-state index in [9.17, 15) is 0 Å². The summed E-state index contributed by atoms with van der Waals surface area (Å²) < 4.78 is 0. The van der Waals surface area contributed by atoms with Gasteiger partial charge in [-0.05, 0) is 43.9 Å². The number of rotatable bonds is 4. The number of pyridine rings is 1. The SMILES string of the molecule is CNc1ccc(C(c2ccccn2)N(C)C)cc1. The van der Waals surface area contributed by atoms with Crippen molar-refractivity contribution in [2.24, 2.45) is 0 Å². The minimum absolute atomic E-state index is 0.192. The molecular formula is C15H19N3. The highest BCUT2D eigenvalue weighted by molar-refractivity contribution is 5.45. The quantitative estimate of drug-likeness (QED) is 0.892. The summed E-state index contributed by atoms with van der Waals surface area (Å²) >= 11 is 0. The second kappa shape index (κ2) is 5.65. The van der Waals surface area contributed by atoms with Gasteiger partial charge in [-0.1, -0.05) is 18.2 Å². The van der Waals surface area contributed by atoms with Crippen LogP contribution in [0.25, 0.3) is 0 Å². The first kappa shape index (κ1) is 12.6. The van der Waals surface area contributed by atoms with Crippen molar-refractivity contribution in [2.45, 2.75) is 6.04 Å². The van der Waals surface area contributed by atoms with Crippen LogP contribution in [-0.4, -0.2) is 31.0 Å². The maximum atomic E-state index is 4.46. The fraction of sp³-hybridized carbons (Fsp3) is 0.267. The number of nitrogens with zero attached hydrogens (tertiary/aromatic N) is 2. The van der Waals surface area contributed by atoms with E-state index in [1.165, 1.54) is 5.56 Å². The molecule has 0 radical (unpaired) electrons. The lowest BCUT2D eigenvalue weighted by Crippen LogP contribution is -2.21. The zero-order chi connectivity index (χ0) is 13.0. The van der Waals surface area contributed by atoms with Gasteiger partial charge in [0.05, 0.1) is 11.7 Å². The molecule has 3 heteroatoms. The summed E-state index contributed by atoms with van der Waals surface area (Å²) in [5.41, 5.74) is 3.44. The predicted molar refractivity (Wildman–Crippen MR) is 75.8 cm³/mol. The van der Waals surface area contributed by atoms with Crippen molar-refractivity contribution in [3.63, 3.8) is 0 Å². The number of aromatic nitrogens is 1. The average Bonchev–Trinajstić information content (AvgIpc) is 2.40. The Morgan fingerprint density at radius 3 is 2.28 bits per heavy atom. The number of anilines is 1. The number of hydrogen-bond donors (Lipinski definition) is 1. The fourth-order valence-electron chi connectivity index (χ4n) is 2.10. The lowest BCUT2D eigenvalue weighted by Gasteiger charge is -2.24. The van der Waals surface area contributed by atoms with Crippen LogP contribution in [0.2, 0.25) is 0 Å². The Kier molecular flexibility index (Phi) is 3.95. The van der Waals surface area contributed by atoms with Gasteiger partial charge in [0.25, 0.3) is 0 Å². The van der Waals surface area contributed by atoms with Gasteiger partial charge in [-0.25, -0.2) is 0 Å². The molecule has 0 aliphatic heterocycles. The molecule has 0 amide bonds. The van der Waals surface area contributed by atoms with Crippen LogP contribution in [0.4, 0.5) is 5.69 Å². The van der Waals surface area contributed by atoms with E-state index in [0.717, 1.165) is 11.4 Å². The van der Waals surface area contributed by atoms with E-state index >= 15 is 0 Å². The van der Waals surface area contributed by atoms with E-state index in [1.54, 1.807) is 0 Å². The summed E-state index contributed by atoms with van der Waals surface area (Å²) in [5.74, 6) is 0. The first-order valence-electron chi connectivity index (χ1n) is 6.07. The first-order chi connectivity index (χ1) is 8.72. The Morgan fingerprint density at radius 1 is 1.06 bits per heavy atom. The predicted octanol–water partition coefficient (Wildman–Crippen LogP) is 2.77. The minimum atomic E-state index is 0.192. The van der Waals surface area contributed by atoms with Crippen LogP contribution in [0.15, 0.2) is 48.7 Å². The molecule has 2 aromatic rings. The lowest BCUT2D eigenvalue weighted by molar-refractivity contribution is 0.336. The van der Waals surface area contributed by atoms with Crippen molar-refractivity contribution < 1.29 is 0 Å². The maximum absolute atomic E-state index is 4.46. The Morgan fingerprint density at radius 2 is 1.78 bits per heavy atom. The van der Waals surface area contributed by atoms with Crippen LogP contribution in [0.1, 0.15) is 17.3 Å². The van der Waals surface area contributed by atoms with Crippen LogP contribution in [0.3, 0.4) is 0 Å². The normalized spacial score (nSPS) is 12.4. The lowest BCUT2D eigenvalue weighted by atomic mass is 10.0. The Labute approximate surface area is 108 Å². The zero-order valence-electron chi connectivity index (χ0n) is 11.1. The summed E-state index contributed by atoms with van der Waals surface area (Å²) in [4.78, 5) is 6.64.